The van der Waals surface area contributed by atoms with E-state index in [0.29, 0.717) is 29.8 Å². The predicted octanol–water partition coefficient (Wildman–Crippen LogP) is 3.67. The first-order chi connectivity index (χ1) is 12.4. The number of aliphatic hydroxyl groups excluding tert-OH is 1. The summed E-state index contributed by atoms with van der Waals surface area (Å²) in [6, 6.07) is 3.89. The molecule has 2 aliphatic heterocycles. The molecule has 4 nitrogen and oxygen atoms in total. The number of methoxy groups -OCH3 is 1. The zero-order valence-corrected chi connectivity index (χ0v) is 15.8. The zero-order valence-electron chi connectivity index (χ0n) is 15.8. The molecule has 0 saturated carbocycles. The molecule has 0 aliphatic carbocycles. The van der Waals surface area contributed by atoms with Crippen LogP contribution in [0.1, 0.15) is 43.9 Å². The molecule has 2 heterocycles. The molecule has 0 spiro atoms. The van der Waals surface area contributed by atoms with Crippen LogP contribution in [0.25, 0.3) is 0 Å². The number of alkyl halides is 2. The smallest absolute Gasteiger partial charge is 0.272 e. The van der Waals surface area contributed by atoms with E-state index < -0.39 is 13.0 Å². The van der Waals surface area contributed by atoms with Crippen molar-refractivity contribution >= 4 is 0 Å². The van der Waals surface area contributed by atoms with Gasteiger partial charge in [0.15, 0.2) is 11.5 Å². The average molecular weight is 369 g/mol. The Morgan fingerprint density at radius 2 is 2.04 bits per heavy atom. The van der Waals surface area contributed by atoms with E-state index in [2.05, 4.69) is 18.7 Å². The van der Waals surface area contributed by atoms with Crippen LogP contribution in [-0.4, -0.2) is 49.3 Å². The number of hydrogen-bond acceptors (Lipinski definition) is 4. The monoisotopic (exact) mass is 369 g/mol. The van der Waals surface area contributed by atoms with Crippen molar-refractivity contribution in [2.75, 3.05) is 26.8 Å². The highest BCUT2D eigenvalue weighted by molar-refractivity contribution is 5.49. The van der Waals surface area contributed by atoms with Gasteiger partial charge in [0.25, 0.3) is 6.43 Å². The highest BCUT2D eigenvalue weighted by atomic mass is 19.3. The van der Waals surface area contributed by atoms with E-state index in [1.54, 1.807) is 0 Å². The quantitative estimate of drug-likeness (QED) is 0.831. The number of aliphatic hydroxyl groups is 1. The van der Waals surface area contributed by atoms with Crippen molar-refractivity contribution in [3.63, 3.8) is 0 Å². The molecule has 1 fully saturated rings. The number of fused-ring (bicyclic) bond motifs is 3. The molecule has 146 valence electrons. The number of nitrogens with zero attached hydrogens (tertiary/aromatic N) is 1. The van der Waals surface area contributed by atoms with Gasteiger partial charge in [-0.15, -0.1) is 0 Å². The van der Waals surface area contributed by atoms with Crippen molar-refractivity contribution in [1.82, 2.24) is 4.90 Å². The van der Waals surface area contributed by atoms with Gasteiger partial charge in [0, 0.05) is 19.1 Å². The molecular weight excluding hydrogens is 340 g/mol. The van der Waals surface area contributed by atoms with Crippen molar-refractivity contribution in [3.8, 4) is 11.5 Å². The molecule has 3 unspecified atom stereocenters. The van der Waals surface area contributed by atoms with Gasteiger partial charge in [0.05, 0.1) is 13.2 Å². The maximum Gasteiger partial charge on any atom is 0.272 e. The molecule has 0 amide bonds. The van der Waals surface area contributed by atoms with Crippen LogP contribution >= 0.6 is 0 Å². The summed E-state index contributed by atoms with van der Waals surface area (Å²) in [7, 11) is 1.52. The van der Waals surface area contributed by atoms with E-state index in [9.17, 15) is 13.9 Å². The van der Waals surface area contributed by atoms with Crippen LogP contribution in [-0.2, 0) is 6.42 Å². The Morgan fingerprint density at radius 1 is 1.27 bits per heavy atom. The number of ether oxygens (including phenoxy) is 2. The van der Waals surface area contributed by atoms with E-state index >= 15 is 0 Å². The Morgan fingerprint density at radius 3 is 2.69 bits per heavy atom. The fraction of sp³-hybridized carbons (Fsp3) is 0.700. The standard InChI is InChI=1S/C20H29F2NO3/c1-12(2)6-14-10-23-5-4-13-7-19(26-11-20(21)22)18(25-3)8-15(13)16(23)9-17(14)24/h7-8,12,14,16-17,20,24H,4-6,9-11H2,1-3H3. The van der Waals surface area contributed by atoms with E-state index in [4.69, 9.17) is 9.47 Å². The van der Waals surface area contributed by atoms with Crippen molar-refractivity contribution in [3.05, 3.63) is 23.3 Å². The van der Waals surface area contributed by atoms with Gasteiger partial charge in [-0.2, -0.15) is 0 Å². The summed E-state index contributed by atoms with van der Waals surface area (Å²) in [4.78, 5) is 2.45. The second kappa shape index (κ2) is 8.09. The topological polar surface area (TPSA) is 41.9 Å². The molecule has 2 aliphatic rings. The Labute approximate surface area is 154 Å². The highest BCUT2D eigenvalue weighted by Gasteiger charge is 2.38. The van der Waals surface area contributed by atoms with Gasteiger partial charge in [-0.05, 0) is 54.4 Å². The third-order valence-corrected chi connectivity index (χ3v) is 5.51. The third kappa shape index (κ3) is 4.12. The van der Waals surface area contributed by atoms with Crippen LogP contribution in [0.15, 0.2) is 12.1 Å². The lowest BCUT2D eigenvalue weighted by atomic mass is 9.79. The van der Waals surface area contributed by atoms with Gasteiger partial charge < -0.3 is 14.6 Å². The van der Waals surface area contributed by atoms with Crippen molar-refractivity contribution in [1.29, 1.82) is 0 Å². The third-order valence-electron chi connectivity index (χ3n) is 5.51. The first-order valence-electron chi connectivity index (χ1n) is 9.42. The molecule has 1 aromatic carbocycles. The van der Waals surface area contributed by atoms with Gasteiger partial charge in [0.2, 0.25) is 0 Å². The first kappa shape index (κ1) is 19.4. The van der Waals surface area contributed by atoms with E-state index in [-0.39, 0.29) is 12.1 Å². The Balaban J connectivity index is 1.82. The average Bonchev–Trinajstić information content (AvgIpc) is 2.59. The van der Waals surface area contributed by atoms with Gasteiger partial charge in [-0.3, -0.25) is 4.90 Å². The van der Waals surface area contributed by atoms with Crippen LogP contribution in [0.2, 0.25) is 0 Å². The molecule has 0 radical (unpaired) electrons. The first-order valence-corrected chi connectivity index (χ1v) is 9.42. The minimum absolute atomic E-state index is 0.148. The van der Waals surface area contributed by atoms with E-state index in [1.165, 1.54) is 7.11 Å². The van der Waals surface area contributed by atoms with Gasteiger partial charge in [0.1, 0.15) is 6.61 Å². The highest BCUT2D eigenvalue weighted by Crippen LogP contribution is 2.43. The van der Waals surface area contributed by atoms with Gasteiger partial charge >= 0.3 is 0 Å². The summed E-state index contributed by atoms with van der Waals surface area (Å²) in [6.45, 7) is 5.56. The van der Waals surface area contributed by atoms with Crippen molar-refractivity contribution < 1.29 is 23.4 Å². The zero-order chi connectivity index (χ0) is 18.8. The Bertz CT molecular complexity index is 623. The fourth-order valence-corrected chi connectivity index (χ4v) is 4.36. The van der Waals surface area contributed by atoms with Crippen molar-refractivity contribution in [2.45, 2.75) is 51.7 Å². The number of halogens is 2. The predicted molar refractivity (Wildman–Crippen MR) is 96.1 cm³/mol. The van der Waals surface area contributed by atoms with Gasteiger partial charge in [-0.25, -0.2) is 8.78 Å². The normalized spacial score (nSPS) is 25.9. The second-order valence-electron chi connectivity index (χ2n) is 7.86. The lowest BCUT2D eigenvalue weighted by Crippen LogP contribution is -2.48. The molecule has 0 bridgehead atoms. The van der Waals surface area contributed by atoms with Crippen LogP contribution < -0.4 is 9.47 Å². The summed E-state index contributed by atoms with van der Waals surface area (Å²) < 4.78 is 35.6. The fourth-order valence-electron chi connectivity index (χ4n) is 4.36. The Hall–Kier alpha value is -1.40. The maximum atomic E-state index is 12.5. The molecule has 3 rings (SSSR count). The molecule has 1 aromatic rings. The van der Waals surface area contributed by atoms with E-state index in [0.717, 1.165) is 37.1 Å². The van der Waals surface area contributed by atoms with Gasteiger partial charge in [-0.1, -0.05) is 13.8 Å². The summed E-state index contributed by atoms with van der Waals surface area (Å²) in [5.41, 5.74) is 2.23. The largest absolute Gasteiger partial charge is 0.493 e. The molecular formula is C20H29F2NO3. The van der Waals surface area contributed by atoms with Crippen LogP contribution in [0.5, 0.6) is 11.5 Å². The summed E-state index contributed by atoms with van der Waals surface area (Å²) in [5.74, 6) is 1.72. The van der Waals surface area contributed by atoms with Crippen molar-refractivity contribution in [2.24, 2.45) is 11.8 Å². The lowest BCUT2D eigenvalue weighted by Gasteiger charge is -2.46. The number of hydrogen-bond donors (Lipinski definition) is 1. The van der Waals surface area contributed by atoms with Crippen LogP contribution in [0.3, 0.4) is 0 Å². The van der Waals surface area contributed by atoms with Crippen LogP contribution in [0, 0.1) is 11.8 Å². The maximum absolute atomic E-state index is 12.5. The molecule has 0 aromatic heterocycles. The molecule has 26 heavy (non-hydrogen) atoms. The minimum atomic E-state index is -2.52. The molecule has 1 saturated heterocycles. The van der Waals surface area contributed by atoms with Crippen LogP contribution in [0.4, 0.5) is 8.78 Å². The number of benzene rings is 1. The number of rotatable bonds is 6. The number of piperidine rings is 1. The molecule has 3 atom stereocenters. The van der Waals surface area contributed by atoms with E-state index in [1.807, 2.05) is 12.1 Å². The minimum Gasteiger partial charge on any atom is -0.493 e. The Kier molecular flexibility index (Phi) is 6.03. The second-order valence-corrected chi connectivity index (χ2v) is 7.86. The molecule has 6 heteroatoms. The summed E-state index contributed by atoms with van der Waals surface area (Å²) in [5, 5.41) is 10.6. The SMILES string of the molecule is COc1cc2c(cc1OCC(F)F)CCN1CC(CC(C)C)C(O)CC21. The summed E-state index contributed by atoms with van der Waals surface area (Å²) >= 11 is 0. The lowest BCUT2D eigenvalue weighted by molar-refractivity contribution is -0.0192. The summed E-state index contributed by atoms with van der Waals surface area (Å²) in [6.07, 6.45) is -0.250. The molecule has 1 N–H and O–H groups in total.